The zero-order chi connectivity index (χ0) is 15.0. The van der Waals surface area contributed by atoms with Crippen LogP contribution in [0.3, 0.4) is 0 Å². The van der Waals surface area contributed by atoms with E-state index in [0.717, 1.165) is 56.6 Å². The van der Waals surface area contributed by atoms with Crippen LogP contribution in [-0.4, -0.2) is 47.0 Å². The molecular formula is C16H24N4O2. The molecule has 120 valence electrons. The molecule has 2 saturated carbocycles. The largest absolute Gasteiger partial charge is 0.392 e. The van der Waals surface area contributed by atoms with Gasteiger partial charge in [0.25, 0.3) is 0 Å². The van der Waals surface area contributed by atoms with E-state index in [1.54, 1.807) is 6.33 Å². The molecule has 3 N–H and O–H groups in total. The molecule has 4 rings (SSSR count). The van der Waals surface area contributed by atoms with E-state index in [9.17, 15) is 5.11 Å². The molecule has 0 bridgehead atoms. The van der Waals surface area contributed by atoms with Gasteiger partial charge in [-0.05, 0) is 38.0 Å². The van der Waals surface area contributed by atoms with Crippen molar-refractivity contribution in [1.82, 2.24) is 9.97 Å². The van der Waals surface area contributed by atoms with Crippen molar-refractivity contribution in [2.24, 2.45) is 11.3 Å². The van der Waals surface area contributed by atoms with Crippen LogP contribution in [-0.2, 0) is 4.74 Å². The fourth-order valence-corrected chi connectivity index (χ4v) is 3.68. The number of aromatic nitrogens is 2. The van der Waals surface area contributed by atoms with Crippen LogP contribution in [0.2, 0.25) is 0 Å². The number of hydrogen-bond acceptors (Lipinski definition) is 6. The maximum atomic E-state index is 10.2. The summed E-state index contributed by atoms with van der Waals surface area (Å²) in [5, 5.41) is 17.1. The lowest BCUT2D eigenvalue weighted by Gasteiger charge is -2.55. The molecule has 1 spiro atoms. The van der Waals surface area contributed by atoms with E-state index in [1.807, 2.05) is 6.07 Å². The third-order valence-electron chi connectivity index (χ3n) is 5.50. The highest BCUT2D eigenvalue weighted by Gasteiger charge is 2.54. The monoisotopic (exact) mass is 304 g/mol. The fraction of sp³-hybridized carbons (Fsp3) is 0.750. The Bertz CT molecular complexity index is 529. The Morgan fingerprint density at radius 2 is 2.00 bits per heavy atom. The lowest BCUT2D eigenvalue weighted by atomic mass is 9.58. The smallest absolute Gasteiger partial charge is 0.131 e. The first-order chi connectivity index (χ1) is 10.8. The molecule has 0 amide bonds. The normalized spacial score (nSPS) is 29.9. The molecule has 2 aliphatic carbocycles. The predicted octanol–water partition coefficient (Wildman–Crippen LogP) is 1.64. The summed E-state index contributed by atoms with van der Waals surface area (Å²) in [7, 11) is 0. The van der Waals surface area contributed by atoms with E-state index in [4.69, 9.17) is 4.74 Å². The zero-order valence-corrected chi connectivity index (χ0v) is 12.8. The SMILES string of the molecule is O[C@@H]1C[C@@H](Nc2cc(NCC3CC3)ncn2)C12CCOCC2. The first-order valence-electron chi connectivity index (χ1n) is 8.34. The number of aliphatic hydroxyl groups excluding tert-OH is 1. The van der Waals surface area contributed by atoms with Crippen molar-refractivity contribution < 1.29 is 9.84 Å². The summed E-state index contributed by atoms with van der Waals surface area (Å²) in [6, 6.07) is 2.25. The van der Waals surface area contributed by atoms with E-state index in [2.05, 4.69) is 20.6 Å². The van der Waals surface area contributed by atoms with E-state index in [0.29, 0.717) is 0 Å². The average molecular weight is 304 g/mol. The van der Waals surface area contributed by atoms with Gasteiger partial charge in [0.15, 0.2) is 0 Å². The van der Waals surface area contributed by atoms with Crippen LogP contribution in [0.25, 0.3) is 0 Å². The van der Waals surface area contributed by atoms with E-state index in [-0.39, 0.29) is 17.6 Å². The first-order valence-corrected chi connectivity index (χ1v) is 8.34. The summed E-state index contributed by atoms with van der Waals surface area (Å²) in [6.45, 7) is 2.49. The summed E-state index contributed by atoms with van der Waals surface area (Å²) in [5.74, 6) is 2.54. The molecule has 3 fully saturated rings. The van der Waals surface area contributed by atoms with Crippen LogP contribution in [0, 0.1) is 11.3 Å². The second kappa shape index (κ2) is 5.66. The number of nitrogens with one attached hydrogen (secondary N) is 2. The Balaban J connectivity index is 1.40. The molecule has 1 aromatic rings. The van der Waals surface area contributed by atoms with Gasteiger partial charge in [-0.2, -0.15) is 0 Å². The Morgan fingerprint density at radius 3 is 2.73 bits per heavy atom. The van der Waals surface area contributed by atoms with Crippen LogP contribution >= 0.6 is 0 Å². The van der Waals surface area contributed by atoms with E-state index in [1.165, 1.54) is 12.8 Å². The van der Waals surface area contributed by atoms with Crippen molar-refractivity contribution in [2.75, 3.05) is 30.4 Å². The van der Waals surface area contributed by atoms with Gasteiger partial charge >= 0.3 is 0 Å². The Morgan fingerprint density at radius 1 is 1.23 bits per heavy atom. The highest BCUT2D eigenvalue weighted by atomic mass is 16.5. The molecule has 1 aromatic heterocycles. The second-order valence-corrected chi connectivity index (χ2v) is 6.91. The van der Waals surface area contributed by atoms with Crippen molar-refractivity contribution in [3.8, 4) is 0 Å². The Hall–Kier alpha value is -1.40. The molecule has 2 atom stereocenters. The number of anilines is 2. The lowest BCUT2D eigenvalue weighted by Crippen LogP contribution is -2.62. The van der Waals surface area contributed by atoms with Gasteiger partial charge < -0.3 is 20.5 Å². The molecule has 0 aromatic carbocycles. The third kappa shape index (κ3) is 2.65. The number of nitrogens with zero attached hydrogens (tertiary/aromatic N) is 2. The maximum Gasteiger partial charge on any atom is 0.131 e. The van der Waals surface area contributed by atoms with Crippen molar-refractivity contribution >= 4 is 11.6 Å². The minimum atomic E-state index is -0.219. The van der Waals surface area contributed by atoms with Crippen LogP contribution in [0.4, 0.5) is 11.6 Å². The maximum absolute atomic E-state index is 10.2. The molecule has 1 saturated heterocycles. The fourth-order valence-electron chi connectivity index (χ4n) is 3.68. The predicted molar refractivity (Wildman–Crippen MR) is 83.8 cm³/mol. The van der Waals surface area contributed by atoms with E-state index >= 15 is 0 Å². The summed E-state index contributed by atoms with van der Waals surface area (Å²) in [5.41, 5.74) is -0.0369. The Labute approximate surface area is 130 Å². The van der Waals surface area contributed by atoms with Crippen molar-refractivity contribution in [3.63, 3.8) is 0 Å². The highest BCUT2D eigenvalue weighted by Crippen LogP contribution is 2.50. The van der Waals surface area contributed by atoms with Crippen molar-refractivity contribution in [1.29, 1.82) is 0 Å². The molecule has 1 aliphatic heterocycles. The van der Waals surface area contributed by atoms with Gasteiger partial charge in [-0.25, -0.2) is 9.97 Å². The van der Waals surface area contributed by atoms with Crippen molar-refractivity contribution in [2.45, 2.75) is 44.2 Å². The Kier molecular flexibility index (Phi) is 3.66. The molecule has 0 unspecified atom stereocenters. The van der Waals surface area contributed by atoms with E-state index < -0.39 is 0 Å². The van der Waals surface area contributed by atoms with Gasteiger partial charge in [-0.1, -0.05) is 0 Å². The summed E-state index contributed by atoms with van der Waals surface area (Å²) < 4.78 is 5.45. The molecule has 0 radical (unpaired) electrons. The molecule has 3 aliphatic rings. The van der Waals surface area contributed by atoms with Crippen LogP contribution < -0.4 is 10.6 Å². The second-order valence-electron chi connectivity index (χ2n) is 6.91. The third-order valence-corrected chi connectivity index (χ3v) is 5.50. The number of rotatable bonds is 5. The molecule has 6 heteroatoms. The highest BCUT2D eigenvalue weighted by molar-refractivity contribution is 5.48. The van der Waals surface area contributed by atoms with Crippen LogP contribution in [0.5, 0.6) is 0 Å². The minimum Gasteiger partial charge on any atom is -0.392 e. The topological polar surface area (TPSA) is 79.3 Å². The standard InChI is InChI=1S/C16H24N4O2/c21-13-7-12(16(13)3-5-22-6-4-16)20-15-8-14(18-10-19-15)17-9-11-1-2-11/h8,10-13,21H,1-7,9H2,(H2,17,18,19,20)/t12-,13-/m1/s1. The van der Waals surface area contributed by atoms with Gasteiger partial charge in [-0.15, -0.1) is 0 Å². The van der Waals surface area contributed by atoms with Gasteiger partial charge in [0, 0.05) is 37.3 Å². The minimum absolute atomic E-state index is 0.0369. The molecule has 6 nitrogen and oxygen atoms in total. The van der Waals surface area contributed by atoms with Gasteiger partial charge in [0.2, 0.25) is 0 Å². The number of aliphatic hydroxyl groups is 1. The summed E-state index contributed by atoms with van der Waals surface area (Å²) >= 11 is 0. The van der Waals surface area contributed by atoms with Gasteiger partial charge in [0.05, 0.1) is 6.10 Å². The average Bonchev–Trinajstić information content (AvgIpc) is 3.38. The molecular weight excluding hydrogens is 280 g/mol. The summed E-state index contributed by atoms with van der Waals surface area (Å²) in [4.78, 5) is 8.61. The lowest BCUT2D eigenvalue weighted by molar-refractivity contribution is -0.133. The summed E-state index contributed by atoms with van der Waals surface area (Å²) in [6.07, 6.45) is 6.66. The first kappa shape index (κ1) is 14.2. The van der Waals surface area contributed by atoms with Crippen molar-refractivity contribution in [3.05, 3.63) is 12.4 Å². The quantitative estimate of drug-likeness (QED) is 0.767. The van der Waals surface area contributed by atoms with Gasteiger partial charge in [0.1, 0.15) is 18.0 Å². The molecule has 2 heterocycles. The number of ether oxygens (including phenoxy) is 1. The van der Waals surface area contributed by atoms with Crippen LogP contribution in [0.1, 0.15) is 32.1 Å². The zero-order valence-electron chi connectivity index (χ0n) is 12.8. The van der Waals surface area contributed by atoms with Crippen LogP contribution in [0.15, 0.2) is 12.4 Å². The van der Waals surface area contributed by atoms with Gasteiger partial charge in [-0.3, -0.25) is 0 Å². The molecule has 22 heavy (non-hydrogen) atoms. The number of hydrogen-bond donors (Lipinski definition) is 3.